The molecular formula is C16H25N3O3. The average Bonchev–Trinajstić information content (AvgIpc) is 2.97. The van der Waals surface area contributed by atoms with E-state index < -0.39 is 0 Å². The Morgan fingerprint density at radius 3 is 2.59 bits per heavy atom. The molecule has 6 heteroatoms. The normalized spacial score (nSPS) is 26.7. The topological polar surface area (TPSA) is 60.9 Å². The summed E-state index contributed by atoms with van der Waals surface area (Å²) in [5.41, 5.74) is 0. The van der Waals surface area contributed by atoms with E-state index in [0.29, 0.717) is 25.9 Å². The lowest BCUT2D eigenvalue weighted by Crippen LogP contribution is -2.57. The van der Waals surface area contributed by atoms with E-state index in [-0.39, 0.29) is 30.4 Å². The van der Waals surface area contributed by atoms with Crippen LogP contribution in [0.2, 0.25) is 0 Å². The fourth-order valence-corrected chi connectivity index (χ4v) is 3.80. The maximum atomic E-state index is 12.7. The third-order valence-corrected chi connectivity index (χ3v) is 5.04. The number of hydrogen-bond acceptors (Lipinski definition) is 3. The Bertz CT molecular complexity index is 466. The van der Waals surface area contributed by atoms with Gasteiger partial charge in [0.25, 0.3) is 0 Å². The molecule has 0 aromatic carbocycles. The van der Waals surface area contributed by atoms with Crippen molar-refractivity contribution in [3.05, 3.63) is 0 Å². The molecule has 3 rings (SSSR count). The fraction of sp³-hybridized carbons (Fsp3) is 0.812. The maximum absolute atomic E-state index is 12.7. The van der Waals surface area contributed by atoms with Crippen LogP contribution in [-0.2, 0) is 14.4 Å². The van der Waals surface area contributed by atoms with Crippen molar-refractivity contribution >= 4 is 17.7 Å². The van der Waals surface area contributed by atoms with Crippen LogP contribution in [0.15, 0.2) is 0 Å². The number of carbonyl (C=O) groups is 3. The van der Waals surface area contributed by atoms with E-state index in [2.05, 4.69) is 0 Å². The summed E-state index contributed by atoms with van der Waals surface area (Å²) in [6, 6.07) is 0. The molecule has 122 valence electrons. The Morgan fingerprint density at radius 1 is 0.909 bits per heavy atom. The van der Waals surface area contributed by atoms with Crippen LogP contribution in [0.1, 0.15) is 51.4 Å². The first kappa shape index (κ1) is 15.3. The van der Waals surface area contributed by atoms with Crippen molar-refractivity contribution < 1.29 is 14.4 Å². The molecule has 0 radical (unpaired) electrons. The van der Waals surface area contributed by atoms with Crippen LogP contribution in [0.25, 0.3) is 0 Å². The first-order valence-electron chi connectivity index (χ1n) is 8.53. The second-order valence-corrected chi connectivity index (χ2v) is 6.53. The van der Waals surface area contributed by atoms with Gasteiger partial charge in [0.1, 0.15) is 6.17 Å². The van der Waals surface area contributed by atoms with E-state index in [9.17, 15) is 14.4 Å². The minimum absolute atomic E-state index is 0.00155. The van der Waals surface area contributed by atoms with E-state index in [1.54, 1.807) is 4.90 Å². The van der Waals surface area contributed by atoms with Gasteiger partial charge in [-0.3, -0.25) is 14.4 Å². The first-order chi connectivity index (χ1) is 10.7. The molecule has 0 aromatic heterocycles. The molecule has 1 unspecified atom stereocenters. The zero-order valence-electron chi connectivity index (χ0n) is 13.1. The van der Waals surface area contributed by atoms with Crippen molar-refractivity contribution in [2.75, 3.05) is 26.2 Å². The molecule has 22 heavy (non-hydrogen) atoms. The van der Waals surface area contributed by atoms with Crippen LogP contribution in [0.4, 0.5) is 0 Å². The van der Waals surface area contributed by atoms with E-state index in [0.717, 1.165) is 45.1 Å². The average molecular weight is 307 g/mol. The summed E-state index contributed by atoms with van der Waals surface area (Å²) in [6.45, 7) is 2.12. The van der Waals surface area contributed by atoms with E-state index in [1.807, 2.05) is 9.80 Å². The minimum atomic E-state index is -0.0707. The summed E-state index contributed by atoms with van der Waals surface area (Å²) in [5.74, 6) is 0.261. The molecule has 3 aliphatic rings. The molecular weight excluding hydrogens is 282 g/mol. The molecule has 3 amide bonds. The van der Waals surface area contributed by atoms with Gasteiger partial charge in [0.15, 0.2) is 0 Å². The number of hydrogen-bond donors (Lipinski definition) is 0. The number of fused-ring (bicyclic) bond motifs is 1. The highest BCUT2D eigenvalue weighted by Gasteiger charge is 2.39. The summed E-state index contributed by atoms with van der Waals surface area (Å²) >= 11 is 0. The van der Waals surface area contributed by atoms with Crippen LogP contribution >= 0.6 is 0 Å². The SMILES string of the molecule is O=C1CCCCCCN1CC(=O)N1CCC(=O)N2CCCC21. The lowest BCUT2D eigenvalue weighted by atomic mass is 10.1. The Morgan fingerprint density at radius 2 is 1.73 bits per heavy atom. The molecule has 1 atom stereocenters. The van der Waals surface area contributed by atoms with Gasteiger partial charge in [0.2, 0.25) is 17.7 Å². The Kier molecular flexibility index (Phi) is 4.64. The van der Waals surface area contributed by atoms with Crippen LogP contribution in [-0.4, -0.2) is 64.8 Å². The Labute approximate surface area is 131 Å². The number of amides is 3. The molecule has 3 saturated heterocycles. The van der Waals surface area contributed by atoms with E-state index in [4.69, 9.17) is 0 Å². The second kappa shape index (κ2) is 6.67. The zero-order chi connectivity index (χ0) is 15.5. The van der Waals surface area contributed by atoms with Gasteiger partial charge in [-0.25, -0.2) is 0 Å². The van der Waals surface area contributed by atoms with E-state index in [1.165, 1.54) is 0 Å². The summed E-state index contributed by atoms with van der Waals surface area (Å²) in [6.07, 6.45) is 6.88. The summed E-state index contributed by atoms with van der Waals surface area (Å²) < 4.78 is 0. The second-order valence-electron chi connectivity index (χ2n) is 6.53. The maximum Gasteiger partial charge on any atom is 0.243 e. The highest BCUT2D eigenvalue weighted by atomic mass is 16.2. The van der Waals surface area contributed by atoms with Gasteiger partial charge < -0.3 is 14.7 Å². The van der Waals surface area contributed by atoms with Crippen LogP contribution in [0.5, 0.6) is 0 Å². The number of rotatable bonds is 2. The molecule has 0 bridgehead atoms. The highest BCUT2D eigenvalue weighted by Crippen LogP contribution is 2.26. The summed E-state index contributed by atoms with van der Waals surface area (Å²) in [7, 11) is 0. The smallest absolute Gasteiger partial charge is 0.243 e. The third kappa shape index (κ3) is 3.10. The predicted molar refractivity (Wildman–Crippen MR) is 80.7 cm³/mol. The molecule has 0 aromatic rings. The Hall–Kier alpha value is -1.59. The van der Waals surface area contributed by atoms with Crippen LogP contribution in [0, 0.1) is 0 Å². The minimum Gasteiger partial charge on any atom is -0.333 e. The van der Waals surface area contributed by atoms with Gasteiger partial charge in [0, 0.05) is 32.5 Å². The lowest BCUT2D eigenvalue weighted by Gasteiger charge is -2.40. The number of nitrogens with zero attached hydrogens (tertiary/aromatic N) is 3. The van der Waals surface area contributed by atoms with Crippen molar-refractivity contribution in [3.63, 3.8) is 0 Å². The Balaban J connectivity index is 1.63. The van der Waals surface area contributed by atoms with Crippen LogP contribution in [0.3, 0.4) is 0 Å². The first-order valence-corrected chi connectivity index (χ1v) is 8.53. The van der Waals surface area contributed by atoms with Crippen molar-refractivity contribution in [1.29, 1.82) is 0 Å². The van der Waals surface area contributed by atoms with Gasteiger partial charge in [-0.2, -0.15) is 0 Å². The van der Waals surface area contributed by atoms with Crippen molar-refractivity contribution in [3.8, 4) is 0 Å². The molecule has 3 fully saturated rings. The van der Waals surface area contributed by atoms with Crippen LogP contribution < -0.4 is 0 Å². The molecule has 0 N–H and O–H groups in total. The van der Waals surface area contributed by atoms with E-state index >= 15 is 0 Å². The molecule has 6 nitrogen and oxygen atoms in total. The molecule has 0 saturated carbocycles. The van der Waals surface area contributed by atoms with Gasteiger partial charge in [-0.05, 0) is 25.7 Å². The quantitative estimate of drug-likeness (QED) is 0.763. The number of likely N-dealkylation sites (tertiary alicyclic amines) is 1. The summed E-state index contributed by atoms with van der Waals surface area (Å²) in [5, 5.41) is 0. The number of carbonyl (C=O) groups excluding carboxylic acids is 3. The molecule has 3 heterocycles. The molecule has 0 aliphatic carbocycles. The third-order valence-electron chi connectivity index (χ3n) is 5.04. The van der Waals surface area contributed by atoms with Crippen molar-refractivity contribution in [2.45, 2.75) is 57.5 Å². The molecule has 0 spiro atoms. The fourth-order valence-electron chi connectivity index (χ4n) is 3.80. The highest BCUT2D eigenvalue weighted by molar-refractivity contribution is 5.87. The monoisotopic (exact) mass is 307 g/mol. The van der Waals surface area contributed by atoms with Gasteiger partial charge in [-0.1, -0.05) is 12.8 Å². The standard InChI is InChI=1S/C16H25N3O3/c20-14-7-3-1-2-4-9-17(14)12-16(22)19-11-8-15(21)18-10-5-6-13(18)19/h13H,1-12H2. The van der Waals surface area contributed by atoms with Gasteiger partial charge in [0.05, 0.1) is 6.54 Å². The summed E-state index contributed by atoms with van der Waals surface area (Å²) in [4.78, 5) is 42.1. The molecule has 3 aliphatic heterocycles. The van der Waals surface area contributed by atoms with Gasteiger partial charge >= 0.3 is 0 Å². The lowest BCUT2D eigenvalue weighted by molar-refractivity contribution is -0.153. The van der Waals surface area contributed by atoms with Crippen molar-refractivity contribution in [1.82, 2.24) is 14.7 Å². The predicted octanol–water partition coefficient (Wildman–Crippen LogP) is 0.960. The largest absolute Gasteiger partial charge is 0.333 e. The van der Waals surface area contributed by atoms with Gasteiger partial charge in [-0.15, -0.1) is 0 Å². The van der Waals surface area contributed by atoms with Crippen molar-refractivity contribution in [2.24, 2.45) is 0 Å². The zero-order valence-corrected chi connectivity index (χ0v) is 13.1.